The van der Waals surface area contributed by atoms with Crippen LogP contribution in [0.1, 0.15) is 43.5 Å². The average Bonchev–Trinajstić information content (AvgIpc) is 2.27. The Labute approximate surface area is 84.1 Å². The zero-order valence-corrected chi connectivity index (χ0v) is 8.79. The molecule has 1 aromatic rings. The van der Waals surface area contributed by atoms with Gasteiger partial charge in [0.15, 0.2) is 0 Å². The molecule has 0 N–H and O–H groups in total. The van der Waals surface area contributed by atoms with Crippen molar-refractivity contribution in [3.63, 3.8) is 0 Å². The minimum Gasteiger partial charge on any atom is -0.300 e. The number of hydrogen-bond acceptors (Lipinski definition) is 2. The van der Waals surface area contributed by atoms with Crippen LogP contribution in [-0.2, 0) is 11.2 Å². The number of nitrogens with zero attached hydrogens (tertiary/aromatic N) is 2. The first-order chi connectivity index (χ1) is 6.66. The maximum atomic E-state index is 11.0. The van der Waals surface area contributed by atoms with Crippen LogP contribution >= 0.6 is 0 Å². The molecule has 0 unspecified atom stereocenters. The summed E-state index contributed by atoms with van der Waals surface area (Å²) >= 11 is 0. The van der Waals surface area contributed by atoms with Crippen molar-refractivity contribution in [1.82, 2.24) is 9.78 Å². The molecule has 1 aromatic heterocycles. The zero-order chi connectivity index (χ0) is 10.1. The minimum atomic E-state index is 0.209. The molecule has 1 aliphatic rings. The first kappa shape index (κ1) is 9.44. The summed E-state index contributed by atoms with van der Waals surface area (Å²) in [4.78, 5) is 11.0. The summed E-state index contributed by atoms with van der Waals surface area (Å²) in [5.41, 5.74) is 2.09. The monoisotopic (exact) mass is 192 g/mol. The Morgan fingerprint density at radius 3 is 2.86 bits per heavy atom. The molecule has 0 bridgehead atoms. The molecule has 0 aliphatic heterocycles. The normalized spacial score (nSPS) is 16.7. The summed E-state index contributed by atoms with van der Waals surface area (Å²) in [6.45, 7) is 3.60. The van der Waals surface area contributed by atoms with Crippen LogP contribution in [0.4, 0.5) is 0 Å². The molecule has 0 atom stereocenters. The molecule has 3 heteroatoms. The van der Waals surface area contributed by atoms with E-state index in [0.717, 1.165) is 11.3 Å². The van der Waals surface area contributed by atoms with E-state index in [4.69, 9.17) is 0 Å². The van der Waals surface area contributed by atoms with Gasteiger partial charge in [-0.3, -0.25) is 9.48 Å². The van der Waals surface area contributed by atoms with Crippen molar-refractivity contribution >= 4 is 5.78 Å². The number of ketones is 1. The Morgan fingerprint density at radius 2 is 2.36 bits per heavy atom. The molecule has 0 saturated heterocycles. The van der Waals surface area contributed by atoms with Gasteiger partial charge in [0, 0.05) is 18.2 Å². The molecule has 2 rings (SSSR count). The Bertz CT molecular complexity index is 350. The van der Waals surface area contributed by atoms with Gasteiger partial charge in [-0.15, -0.1) is 0 Å². The van der Waals surface area contributed by atoms with Gasteiger partial charge in [0.25, 0.3) is 0 Å². The van der Waals surface area contributed by atoms with Crippen molar-refractivity contribution in [1.29, 1.82) is 0 Å². The fourth-order valence-electron chi connectivity index (χ4n) is 1.80. The summed E-state index contributed by atoms with van der Waals surface area (Å²) in [5, 5.41) is 4.45. The fraction of sp³-hybridized carbons (Fsp3) is 0.636. The van der Waals surface area contributed by atoms with Gasteiger partial charge in [0.1, 0.15) is 5.78 Å². The SMILES string of the molecule is CC(=O)Cc1cn(C2CCC2)nc1C. The van der Waals surface area contributed by atoms with E-state index in [-0.39, 0.29) is 5.78 Å². The predicted molar refractivity (Wildman–Crippen MR) is 54.2 cm³/mol. The molecule has 3 nitrogen and oxygen atoms in total. The van der Waals surface area contributed by atoms with Crippen LogP contribution in [-0.4, -0.2) is 15.6 Å². The first-order valence-electron chi connectivity index (χ1n) is 5.21. The van der Waals surface area contributed by atoms with Crippen LogP contribution in [0.15, 0.2) is 6.20 Å². The standard InChI is InChI=1S/C11H16N2O/c1-8(14)6-10-7-13(12-9(10)2)11-4-3-5-11/h7,11H,3-6H2,1-2H3. The average molecular weight is 192 g/mol. The number of carbonyl (C=O) groups is 1. The molecule has 0 amide bonds. The van der Waals surface area contributed by atoms with Crippen LogP contribution in [0, 0.1) is 6.92 Å². The molecule has 1 saturated carbocycles. The molecule has 1 fully saturated rings. The van der Waals surface area contributed by atoms with Crippen LogP contribution < -0.4 is 0 Å². The summed E-state index contributed by atoms with van der Waals surface area (Å²) in [7, 11) is 0. The van der Waals surface area contributed by atoms with Gasteiger partial charge >= 0.3 is 0 Å². The van der Waals surface area contributed by atoms with E-state index in [1.54, 1.807) is 6.92 Å². The van der Waals surface area contributed by atoms with Gasteiger partial charge in [0.05, 0.1) is 11.7 Å². The largest absolute Gasteiger partial charge is 0.300 e. The second kappa shape index (κ2) is 3.56. The van der Waals surface area contributed by atoms with Gasteiger partial charge in [-0.25, -0.2) is 0 Å². The van der Waals surface area contributed by atoms with E-state index in [2.05, 4.69) is 5.10 Å². The van der Waals surface area contributed by atoms with E-state index >= 15 is 0 Å². The summed E-state index contributed by atoms with van der Waals surface area (Å²) < 4.78 is 2.04. The molecule has 0 radical (unpaired) electrons. The van der Waals surface area contributed by atoms with Crippen molar-refractivity contribution in [2.24, 2.45) is 0 Å². The van der Waals surface area contributed by atoms with Gasteiger partial charge in [-0.2, -0.15) is 5.10 Å². The number of rotatable bonds is 3. The first-order valence-corrected chi connectivity index (χ1v) is 5.21. The van der Waals surface area contributed by atoms with Gasteiger partial charge < -0.3 is 0 Å². The highest BCUT2D eigenvalue weighted by Gasteiger charge is 2.21. The highest BCUT2D eigenvalue weighted by Crippen LogP contribution is 2.31. The second-order valence-electron chi connectivity index (χ2n) is 4.18. The van der Waals surface area contributed by atoms with Gasteiger partial charge in [0.2, 0.25) is 0 Å². The van der Waals surface area contributed by atoms with E-state index in [0.29, 0.717) is 12.5 Å². The summed E-state index contributed by atoms with van der Waals surface area (Å²) in [5.74, 6) is 0.209. The number of Topliss-reactive ketones (excluding diaryl/α,β-unsaturated/α-hetero) is 1. The van der Waals surface area contributed by atoms with Crippen LogP contribution in [0.25, 0.3) is 0 Å². The van der Waals surface area contributed by atoms with Gasteiger partial charge in [-0.1, -0.05) is 0 Å². The van der Waals surface area contributed by atoms with Crippen molar-refractivity contribution in [2.75, 3.05) is 0 Å². The molecule has 14 heavy (non-hydrogen) atoms. The highest BCUT2D eigenvalue weighted by atomic mass is 16.1. The number of carbonyl (C=O) groups excluding carboxylic acids is 1. The molecule has 1 aliphatic carbocycles. The molecule has 0 spiro atoms. The topological polar surface area (TPSA) is 34.9 Å². The maximum Gasteiger partial charge on any atom is 0.134 e. The molecule has 0 aromatic carbocycles. The Kier molecular flexibility index (Phi) is 2.40. The third kappa shape index (κ3) is 1.72. The Hall–Kier alpha value is -1.12. The van der Waals surface area contributed by atoms with Crippen LogP contribution in [0.5, 0.6) is 0 Å². The number of aryl methyl sites for hydroxylation is 1. The lowest BCUT2D eigenvalue weighted by Crippen LogP contribution is -2.17. The lowest BCUT2D eigenvalue weighted by Gasteiger charge is -2.25. The predicted octanol–water partition coefficient (Wildman–Crippen LogP) is 2.05. The second-order valence-corrected chi connectivity index (χ2v) is 4.18. The van der Waals surface area contributed by atoms with E-state index in [9.17, 15) is 4.79 Å². The molecule has 1 heterocycles. The molecular formula is C11H16N2O. The lowest BCUT2D eigenvalue weighted by molar-refractivity contribution is -0.116. The quantitative estimate of drug-likeness (QED) is 0.734. The fourth-order valence-corrected chi connectivity index (χ4v) is 1.80. The van der Waals surface area contributed by atoms with Gasteiger partial charge in [-0.05, 0) is 33.1 Å². The van der Waals surface area contributed by atoms with Crippen molar-refractivity contribution in [2.45, 2.75) is 45.6 Å². The van der Waals surface area contributed by atoms with Crippen LogP contribution in [0.3, 0.4) is 0 Å². The zero-order valence-electron chi connectivity index (χ0n) is 8.79. The third-order valence-corrected chi connectivity index (χ3v) is 2.91. The molecule has 76 valence electrons. The summed E-state index contributed by atoms with van der Waals surface area (Å²) in [6.07, 6.45) is 6.35. The smallest absolute Gasteiger partial charge is 0.134 e. The van der Waals surface area contributed by atoms with Crippen LogP contribution in [0.2, 0.25) is 0 Å². The number of hydrogen-bond donors (Lipinski definition) is 0. The Morgan fingerprint density at radius 1 is 1.64 bits per heavy atom. The summed E-state index contributed by atoms with van der Waals surface area (Å²) in [6, 6.07) is 0.592. The van der Waals surface area contributed by atoms with E-state index in [1.807, 2.05) is 17.8 Å². The molecular weight excluding hydrogens is 176 g/mol. The van der Waals surface area contributed by atoms with E-state index in [1.165, 1.54) is 19.3 Å². The van der Waals surface area contributed by atoms with E-state index < -0.39 is 0 Å². The third-order valence-electron chi connectivity index (χ3n) is 2.91. The Balaban J connectivity index is 2.16. The maximum absolute atomic E-state index is 11.0. The lowest BCUT2D eigenvalue weighted by atomic mass is 9.93. The minimum absolute atomic E-state index is 0.209. The highest BCUT2D eigenvalue weighted by molar-refractivity contribution is 5.78. The van der Waals surface area contributed by atoms with Crippen molar-refractivity contribution < 1.29 is 4.79 Å². The van der Waals surface area contributed by atoms with Crippen molar-refractivity contribution in [3.05, 3.63) is 17.5 Å². The number of aromatic nitrogens is 2. The van der Waals surface area contributed by atoms with Crippen molar-refractivity contribution in [3.8, 4) is 0 Å².